The normalized spacial score (nSPS) is 29.7. The maximum absolute atomic E-state index is 4.26. The number of hydrogen-bond acceptors (Lipinski definition) is 3. The monoisotopic (exact) mass is 245 g/mol. The average Bonchev–Trinajstić information content (AvgIpc) is 2.44. The highest BCUT2D eigenvalue weighted by Gasteiger charge is 2.40. The summed E-state index contributed by atoms with van der Waals surface area (Å²) in [5, 5.41) is 0. The Morgan fingerprint density at radius 2 is 2.06 bits per heavy atom. The molecule has 1 unspecified atom stereocenters. The van der Waals surface area contributed by atoms with E-state index in [1.165, 1.54) is 57.4 Å². The molecule has 3 nitrogen and oxygen atoms in total. The maximum atomic E-state index is 4.26. The van der Waals surface area contributed by atoms with Crippen molar-refractivity contribution in [3.8, 4) is 0 Å². The molecular weight excluding hydrogens is 222 g/mol. The fourth-order valence-electron chi connectivity index (χ4n) is 3.62. The van der Waals surface area contributed by atoms with E-state index < -0.39 is 0 Å². The van der Waals surface area contributed by atoms with Crippen molar-refractivity contribution < 1.29 is 0 Å². The number of hydrogen-bond donors (Lipinski definition) is 0. The molecule has 0 N–H and O–H groups in total. The zero-order valence-electron chi connectivity index (χ0n) is 11.3. The minimum absolute atomic E-state index is 0.423. The van der Waals surface area contributed by atoms with E-state index in [4.69, 9.17) is 0 Å². The van der Waals surface area contributed by atoms with E-state index >= 15 is 0 Å². The van der Waals surface area contributed by atoms with E-state index in [-0.39, 0.29) is 0 Å². The van der Waals surface area contributed by atoms with Crippen molar-refractivity contribution in [2.24, 2.45) is 0 Å². The van der Waals surface area contributed by atoms with Crippen molar-refractivity contribution in [3.05, 3.63) is 24.5 Å². The molecule has 1 aromatic heterocycles. The van der Waals surface area contributed by atoms with Gasteiger partial charge >= 0.3 is 0 Å². The molecular formula is C15H23N3. The Morgan fingerprint density at radius 1 is 1.17 bits per heavy atom. The van der Waals surface area contributed by atoms with Gasteiger partial charge in [-0.2, -0.15) is 0 Å². The summed E-state index contributed by atoms with van der Waals surface area (Å²) in [5.74, 6) is 0. The van der Waals surface area contributed by atoms with Gasteiger partial charge in [0.1, 0.15) is 0 Å². The van der Waals surface area contributed by atoms with Crippen molar-refractivity contribution in [3.63, 3.8) is 0 Å². The first-order chi connectivity index (χ1) is 8.80. The molecule has 1 aromatic rings. The molecule has 98 valence electrons. The summed E-state index contributed by atoms with van der Waals surface area (Å²) in [6.45, 7) is 3.62. The van der Waals surface area contributed by atoms with Gasteiger partial charge in [-0.1, -0.05) is 6.42 Å². The number of likely N-dealkylation sites (N-methyl/N-ethyl adjacent to an activating group) is 1. The van der Waals surface area contributed by atoms with Gasteiger partial charge < -0.3 is 4.90 Å². The van der Waals surface area contributed by atoms with E-state index in [0.717, 1.165) is 0 Å². The van der Waals surface area contributed by atoms with Crippen LogP contribution in [0.25, 0.3) is 0 Å². The largest absolute Gasteiger partial charge is 0.368 e. The number of likely N-dealkylation sites (tertiary alicyclic amines) is 1. The quantitative estimate of drug-likeness (QED) is 0.758. The number of nitrogens with zero attached hydrogens (tertiary/aromatic N) is 3. The smallest absolute Gasteiger partial charge is 0.0553 e. The molecule has 0 aliphatic carbocycles. The predicted octanol–water partition coefficient (Wildman–Crippen LogP) is 2.54. The standard InChI is InChI=1S/C15H23N3/c1-17-10-3-2-7-15(17)8-5-11-18(13-15)14-6-4-9-16-12-14/h4,6,9,12H,2-3,5,7-8,10-11,13H2,1H3. The van der Waals surface area contributed by atoms with Crippen LogP contribution in [0.15, 0.2) is 24.5 Å². The molecule has 1 atom stereocenters. The van der Waals surface area contributed by atoms with Crippen LogP contribution in [-0.4, -0.2) is 42.1 Å². The van der Waals surface area contributed by atoms with E-state index in [1.807, 2.05) is 18.5 Å². The average molecular weight is 245 g/mol. The van der Waals surface area contributed by atoms with Crippen LogP contribution in [-0.2, 0) is 0 Å². The summed E-state index contributed by atoms with van der Waals surface area (Å²) >= 11 is 0. The van der Waals surface area contributed by atoms with Crippen LogP contribution < -0.4 is 4.90 Å². The van der Waals surface area contributed by atoms with E-state index in [9.17, 15) is 0 Å². The third-order valence-corrected chi connectivity index (χ3v) is 4.76. The molecule has 18 heavy (non-hydrogen) atoms. The Balaban J connectivity index is 1.79. The molecule has 2 aliphatic heterocycles. The molecule has 1 spiro atoms. The summed E-state index contributed by atoms with van der Waals surface area (Å²) in [5.41, 5.74) is 1.71. The molecule has 0 radical (unpaired) electrons. The van der Waals surface area contributed by atoms with Crippen LogP contribution >= 0.6 is 0 Å². The lowest BCUT2D eigenvalue weighted by atomic mass is 9.80. The molecule has 2 aliphatic rings. The predicted molar refractivity (Wildman–Crippen MR) is 74.9 cm³/mol. The first-order valence-electron chi connectivity index (χ1n) is 7.16. The second-order valence-electron chi connectivity index (χ2n) is 5.84. The third kappa shape index (κ3) is 2.12. The van der Waals surface area contributed by atoms with Crippen LogP contribution in [0.2, 0.25) is 0 Å². The Labute approximate surface area is 110 Å². The second-order valence-corrected chi connectivity index (χ2v) is 5.84. The highest BCUT2D eigenvalue weighted by molar-refractivity contribution is 5.45. The van der Waals surface area contributed by atoms with Crippen LogP contribution in [0.3, 0.4) is 0 Å². The number of rotatable bonds is 1. The number of pyridine rings is 1. The van der Waals surface area contributed by atoms with E-state index in [0.29, 0.717) is 5.54 Å². The van der Waals surface area contributed by atoms with Gasteiger partial charge in [-0.25, -0.2) is 0 Å². The van der Waals surface area contributed by atoms with Crippen molar-refractivity contribution in [1.82, 2.24) is 9.88 Å². The third-order valence-electron chi connectivity index (χ3n) is 4.76. The topological polar surface area (TPSA) is 19.4 Å². The molecule has 0 bridgehead atoms. The Hall–Kier alpha value is -1.09. The highest BCUT2D eigenvalue weighted by atomic mass is 15.3. The molecule has 2 fully saturated rings. The van der Waals surface area contributed by atoms with Gasteiger partial charge in [-0.05, 0) is 51.4 Å². The molecule has 0 aromatic carbocycles. The zero-order chi connectivity index (χ0) is 12.4. The lowest BCUT2D eigenvalue weighted by molar-refractivity contribution is 0.0581. The first-order valence-corrected chi connectivity index (χ1v) is 7.16. The summed E-state index contributed by atoms with van der Waals surface area (Å²) in [6.07, 6.45) is 10.6. The number of aromatic nitrogens is 1. The van der Waals surface area contributed by atoms with Gasteiger partial charge in [0.15, 0.2) is 0 Å². The summed E-state index contributed by atoms with van der Waals surface area (Å²) < 4.78 is 0. The van der Waals surface area contributed by atoms with Crippen LogP contribution in [0, 0.1) is 0 Å². The Kier molecular flexibility index (Phi) is 3.25. The van der Waals surface area contributed by atoms with Gasteiger partial charge in [-0.3, -0.25) is 9.88 Å². The summed E-state index contributed by atoms with van der Waals surface area (Å²) in [4.78, 5) is 9.39. The van der Waals surface area contributed by atoms with Crippen molar-refractivity contribution in [2.75, 3.05) is 31.6 Å². The van der Waals surface area contributed by atoms with Gasteiger partial charge in [-0.15, -0.1) is 0 Å². The number of piperidine rings is 2. The Morgan fingerprint density at radius 3 is 2.83 bits per heavy atom. The summed E-state index contributed by atoms with van der Waals surface area (Å²) in [6, 6.07) is 4.23. The molecule has 0 amide bonds. The van der Waals surface area contributed by atoms with Crippen molar-refractivity contribution in [2.45, 2.75) is 37.6 Å². The fourth-order valence-corrected chi connectivity index (χ4v) is 3.62. The lowest BCUT2D eigenvalue weighted by Crippen LogP contribution is -2.59. The minimum Gasteiger partial charge on any atom is -0.368 e. The van der Waals surface area contributed by atoms with Crippen molar-refractivity contribution in [1.29, 1.82) is 0 Å². The molecule has 0 saturated carbocycles. The Bertz CT molecular complexity index is 388. The van der Waals surface area contributed by atoms with Gasteiger partial charge in [0, 0.05) is 24.8 Å². The molecule has 3 heterocycles. The van der Waals surface area contributed by atoms with Crippen molar-refractivity contribution >= 4 is 5.69 Å². The minimum atomic E-state index is 0.423. The van der Waals surface area contributed by atoms with Gasteiger partial charge in [0.05, 0.1) is 11.9 Å². The number of anilines is 1. The second kappa shape index (κ2) is 4.88. The van der Waals surface area contributed by atoms with Crippen LogP contribution in [0.4, 0.5) is 5.69 Å². The molecule has 3 rings (SSSR count). The van der Waals surface area contributed by atoms with E-state index in [2.05, 4.69) is 27.9 Å². The van der Waals surface area contributed by atoms with Gasteiger partial charge in [0.2, 0.25) is 0 Å². The first kappa shape index (κ1) is 12.0. The summed E-state index contributed by atoms with van der Waals surface area (Å²) in [7, 11) is 2.31. The lowest BCUT2D eigenvalue weighted by Gasteiger charge is -2.51. The molecule has 3 heteroatoms. The fraction of sp³-hybridized carbons (Fsp3) is 0.667. The highest BCUT2D eigenvalue weighted by Crippen LogP contribution is 2.36. The van der Waals surface area contributed by atoms with Crippen LogP contribution in [0.5, 0.6) is 0 Å². The molecule has 2 saturated heterocycles. The van der Waals surface area contributed by atoms with E-state index in [1.54, 1.807) is 0 Å². The van der Waals surface area contributed by atoms with Crippen LogP contribution in [0.1, 0.15) is 32.1 Å². The maximum Gasteiger partial charge on any atom is 0.0553 e. The SMILES string of the molecule is CN1CCCCC12CCCN(c1cccnc1)C2. The zero-order valence-corrected chi connectivity index (χ0v) is 11.3. The van der Waals surface area contributed by atoms with Gasteiger partial charge in [0.25, 0.3) is 0 Å².